The molecular formula is C16H21N3O2. The van der Waals surface area contributed by atoms with Gasteiger partial charge in [-0.25, -0.2) is 0 Å². The molecule has 0 fully saturated rings. The number of benzene rings is 1. The number of hydrogen-bond acceptors (Lipinski definition) is 3. The zero-order chi connectivity index (χ0) is 15.4. The van der Waals surface area contributed by atoms with Gasteiger partial charge in [0, 0.05) is 18.4 Å². The molecular weight excluding hydrogens is 266 g/mol. The van der Waals surface area contributed by atoms with Crippen LogP contribution in [-0.4, -0.2) is 20.8 Å². The van der Waals surface area contributed by atoms with Crippen LogP contribution in [0.2, 0.25) is 0 Å². The average molecular weight is 287 g/mol. The molecule has 5 nitrogen and oxygen atoms in total. The maximum Gasteiger partial charge on any atom is 0.259 e. The summed E-state index contributed by atoms with van der Waals surface area (Å²) < 4.78 is 1.77. The number of nitrogens with one attached hydrogen (secondary N) is 1. The van der Waals surface area contributed by atoms with Crippen LogP contribution in [0.25, 0.3) is 0 Å². The molecule has 21 heavy (non-hydrogen) atoms. The molecule has 112 valence electrons. The lowest BCUT2D eigenvalue weighted by atomic mass is 10.1. The third-order valence-corrected chi connectivity index (χ3v) is 3.27. The number of carbonyl (C=O) groups is 1. The summed E-state index contributed by atoms with van der Waals surface area (Å²) >= 11 is 0. The van der Waals surface area contributed by atoms with E-state index in [0.717, 1.165) is 17.8 Å². The fraction of sp³-hybridized carbons (Fsp3) is 0.375. The van der Waals surface area contributed by atoms with Gasteiger partial charge in [0.05, 0.1) is 17.9 Å². The molecule has 0 radical (unpaired) electrons. The molecule has 0 spiro atoms. The van der Waals surface area contributed by atoms with Crippen LogP contribution in [0.4, 0.5) is 5.69 Å². The fourth-order valence-electron chi connectivity index (χ4n) is 2.15. The number of amides is 1. The highest BCUT2D eigenvalue weighted by Gasteiger charge is 2.18. The normalized spacial score (nSPS) is 10.9. The monoisotopic (exact) mass is 287 g/mol. The molecule has 2 rings (SSSR count). The van der Waals surface area contributed by atoms with E-state index >= 15 is 0 Å². The Morgan fingerprint density at radius 3 is 2.81 bits per heavy atom. The Hall–Kier alpha value is -2.14. The predicted molar refractivity (Wildman–Crippen MR) is 82.3 cm³/mol. The van der Waals surface area contributed by atoms with Crippen molar-refractivity contribution in [3.63, 3.8) is 0 Å². The number of anilines is 1. The smallest absolute Gasteiger partial charge is 0.259 e. The first-order valence-electron chi connectivity index (χ1n) is 7.13. The van der Waals surface area contributed by atoms with Gasteiger partial charge in [-0.3, -0.25) is 9.48 Å². The van der Waals surface area contributed by atoms with Crippen LogP contribution in [0.1, 0.15) is 48.3 Å². The van der Waals surface area contributed by atoms with Crippen molar-refractivity contribution in [3.05, 3.63) is 47.3 Å². The van der Waals surface area contributed by atoms with E-state index in [9.17, 15) is 4.79 Å². The zero-order valence-corrected chi connectivity index (χ0v) is 12.6. The van der Waals surface area contributed by atoms with Crippen molar-refractivity contribution in [1.82, 2.24) is 9.78 Å². The minimum atomic E-state index is -0.173. The van der Waals surface area contributed by atoms with Crippen LogP contribution in [0.5, 0.6) is 0 Å². The molecule has 1 heterocycles. The van der Waals surface area contributed by atoms with Crippen molar-refractivity contribution >= 4 is 11.6 Å². The van der Waals surface area contributed by atoms with E-state index in [4.69, 9.17) is 5.11 Å². The molecule has 0 aliphatic rings. The molecule has 0 saturated carbocycles. The van der Waals surface area contributed by atoms with Gasteiger partial charge in [-0.15, -0.1) is 0 Å². The van der Waals surface area contributed by atoms with Crippen LogP contribution in [-0.2, 0) is 13.2 Å². The number of aromatic nitrogens is 2. The van der Waals surface area contributed by atoms with Crippen LogP contribution in [0.3, 0.4) is 0 Å². The minimum Gasteiger partial charge on any atom is -0.392 e. The Morgan fingerprint density at radius 2 is 2.19 bits per heavy atom. The summed E-state index contributed by atoms with van der Waals surface area (Å²) in [5, 5.41) is 16.4. The van der Waals surface area contributed by atoms with E-state index in [1.54, 1.807) is 29.1 Å². The van der Waals surface area contributed by atoms with Crippen LogP contribution >= 0.6 is 0 Å². The van der Waals surface area contributed by atoms with Gasteiger partial charge in [0.2, 0.25) is 0 Å². The lowest BCUT2D eigenvalue weighted by Crippen LogP contribution is -2.14. The summed E-state index contributed by atoms with van der Waals surface area (Å²) in [6.45, 7) is 6.71. The molecule has 0 saturated heterocycles. The molecule has 0 aliphatic heterocycles. The zero-order valence-electron chi connectivity index (χ0n) is 12.6. The number of carbonyl (C=O) groups excluding carboxylic acids is 1. The second kappa shape index (κ2) is 6.54. The van der Waals surface area contributed by atoms with Gasteiger partial charge in [-0.2, -0.15) is 5.10 Å². The van der Waals surface area contributed by atoms with Gasteiger partial charge in [-0.1, -0.05) is 26.0 Å². The van der Waals surface area contributed by atoms with E-state index in [0.29, 0.717) is 11.3 Å². The topological polar surface area (TPSA) is 67.2 Å². The Morgan fingerprint density at radius 1 is 1.43 bits per heavy atom. The third kappa shape index (κ3) is 3.49. The maximum absolute atomic E-state index is 12.4. The Balaban J connectivity index is 2.25. The predicted octanol–water partition coefficient (Wildman–Crippen LogP) is 2.77. The van der Waals surface area contributed by atoms with Crippen molar-refractivity contribution in [2.24, 2.45) is 0 Å². The highest BCUT2D eigenvalue weighted by molar-refractivity contribution is 6.05. The standard InChI is InChI=1S/C16H21N3O2/c1-4-19-9-14(15(18-19)11(2)3)16(21)17-13-7-5-6-12(8-13)10-20/h5-9,11,20H,4,10H2,1-3H3,(H,17,21). The summed E-state index contributed by atoms with van der Waals surface area (Å²) in [5.74, 6) is 0.0100. The largest absolute Gasteiger partial charge is 0.392 e. The number of rotatable bonds is 5. The van der Waals surface area contributed by atoms with Crippen LogP contribution in [0, 0.1) is 0 Å². The number of nitrogens with zero attached hydrogens (tertiary/aromatic N) is 2. The third-order valence-electron chi connectivity index (χ3n) is 3.27. The number of aliphatic hydroxyl groups excluding tert-OH is 1. The van der Waals surface area contributed by atoms with E-state index in [1.807, 2.05) is 26.8 Å². The first-order valence-corrected chi connectivity index (χ1v) is 7.13. The minimum absolute atomic E-state index is 0.0469. The van der Waals surface area contributed by atoms with Crippen molar-refractivity contribution in [2.45, 2.75) is 39.8 Å². The molecule has 0 unspecified atom stereocenters. The molecule has 1 aromatic heterocycles. The molecule has 5 heteroatoms. The van der Waals surface area contributed by atoms with Crippen molar-refractivity contribution < 1.29 is 9.90 Å². The van der Waals surface area contributed by atoms with E-state index in [2.05, 4.69) is 10.4 Å². The fourth-order valence-corrected chi connectivity index (χ4v) is 2.15. The van der Waals surface area contributed by atoms with E-state index in [1.165, 1.54) is 0 Å². The molecule has 1 aromatic carbocycles. The van der Waals surface area contributed by atoms with Crippen molar-refractivity contribution in [1.29, 1.82) is 0 Å². The number of hydrogen-bond donors (Lipinski definition) is 2. The number of aliphatic hydroxyl groups is 1. The summed E-state index contributed by atoms with van der Waals surface area (Å²) in [7, 11) is 0. The summed E-state index contributed by atoms with van der Waals surface area (Å²) in [5.41, 5.74) is 2.83. The highest BCUT2D eigenvalue weighted by atomic mass is 16.3. The Labute approximate surface area is 124 Å². The Bertz CT molecular complexity index is 632. The van der Waals surface area contributed by atoms with Gasteiger partial charge in [0.1, 0.15) is 0 Å². The lowest BCUT2D eigenvalue weighted by Gasteiger charge is -2.08. The van der Waals surface area contributed by atoms with Gasteiger partial charge in [0.15, 0.2) is 0 Å². The van der Waals surface area contributed by atoms with Gasteiger partial charge < -0.3 is 10.4 Å². The van der Waals surface area contributed by atoms with Gasteiger partial charge >= 0.3 is 0 Å². The SMILES string of the molecule is CCn1cc(C(=O)Nc2cccc(CO)c2)c(C(C)C)n1. The lowest BCUT2D eigenvalue weighted by molar-refractivity contribution is 0.102. The van der Waals surface area contributed by atoms with Crippen LogP contribution < -0.4 is 5.32 Å². The molecule has 2 N–H and O–H groups in total. The molecule has 1 amide bonds. The summed E-state index contributed by atoms with van der Waals surface area (Å²) in [6.07, 6.45) is 1.78. The second-order valence-corrected chi connectivity index (χ2v) is 5.25. The van der Waals surface area contributed by atoms with Crippen molar-refractivity contribution in [3.8, 4) is 0 Å². The molecule has 0 bridgehead atoms. The first-order chi connectivity index (χ1) is 10.0. The van der Waals surface area contributed by atoms with Gasteiger partial charge in [-0.05, 0) is 30.5 Å². The average Bonchev–Trinajstić information content (AvgIpc) is 2.92. The Kier molecular flexibility index (Phi) is 4.75. The number of aryl methyl sites for hydroxylation is 1. The molecule has 0 atom stereocenters. The summed E-state index contributed by atoms with van der Waals surface area (Å²) in [6, 6.07) is 7.18. The highest BCUT2D eigenvalue weighted by Crippen LogP contribution is 2.19. The second-order valence-electron chi connectivity index (χ2n) is 5.25. The van der Waals surface area contributed by atoms with Crippen molar-refractivity contribution in [2.75, 3.05) is 5.32 Å². The maximum atomic E-state index is 12.4. The van der Waals surface area contributed by atoms with E-state index in [-0.39, 0.29) is 18.4 Å². The molecule has 0 aliphatic carbocycles. The van der Waals surface area contributed by atoms with Crippen LogP contribution in [0.15, 0.2) is 30.5 Å². The van der Waals surface area contributed by atoms with Gasteiger partial charge in [0.25, 0.3) is 5.91 Å². The van der Waals surface area contributed by atoms with E-state index < -0.39 is 0 Å². The quantitative estimate of drug-likeness (QED) is 0.888. The first kappa shape index (κ1) is 15.3. The molecule has 2 aromatic rings. The summed E-state index contributed by atoms with van der Waals surface area (Å²) in [4.78, 5) is 12.4.